The number of aliphatic hydroxyl groups is 1. The molecule has 1 fully saturated rings. The highest BCUT2D eigenvalue weighted by Crippen LogP contribution is 2.37. The maximum absolute atomic E-state index is 12.6. The minimum atomic E-state index is -4.61. The fourth-order valence-corrected chi connectivity index (χ4v) is 2.31. The number of rotatable bonds is 3. The van der Waals surface area contributed by atoms with Crippen LogP contribution in [0.2, 0.25) is 0 Å². The first-order valence-electron chi connectivity index (χ1n) is 6.04. The minimum Gasteiger partial charge on any atom is -0.396 e. The molecule has 0 spiro atoms. The SMILES string of the molecule is O=[N+]([O-])c1cc(C(F)(F)F)ccc1N1CCC(CO)C1. The van der Waals surface area contributed by atoms with Gasteiger partial charge in [-0.15, -0.1) is 0 Å². The summed E-state index contributed by atoms with van der Waals surface area (Å²) in [5.41, 5.74) is -1.43. The maximum atomic E-state index is 12.6. The number of aliphatic hydroxyl groups excluding tert-OH is 1. The molecule has 1 saturated heterocycles. The van der Waals surface area contributed by atoms with E-state index in [2.05, 4.69) is 0 Å². The van der Waals surface area contributed by atoms with Crippen molar-refractivity contribution in [1.29, 1.82) is 0 Å². The Kier molecular flexibility index (Phi) is 3.85. The van der Waals surface area contributed by atoms with Crippen LogP contribution in [0.15, 0.2) is 18.2 Å². The standard InChI is InChI=1S/C12H13F3N2O3/c13-12(14,15)9-1-2-10(11(5-9)17(19)20)16-4-3-8(6-16)7-18/h1-2,5,8,18H,3-4,6-7H2. The average molecular weight is 290 g/mol. The number of halogens is 3. The van der Waals surface area contributed by atoms with Crippen molar-refractivity contribution in [3.8, 4) is 0 Å². The molecule has 5 nitrogen and oxygen atoms in total. The Morgan fingerprint density at radius 2 is 2.15 bits per heavy atom. The molecule has 8 heteroatoms. The third-order valence-corrected chi connectivity index (χ3v) is 3.38. The molecule has 1 N–H and O–H groups in total. The molecule has 0 bridgehead atoms. The molecule has 1 aliphatic heterocycles. The summed E-state index contributed by atoms with van der Waals surface area (Å²) in [5, 5.41) is 20.0. The van der Waals surface area contributed by atoms with Crippen LogP contribution < -0.4 is 4.90 Å². The molecule has 0 aliphatic carbocycles. The second-order valence-electron chi connectivity index (χ2n) is 4.74. The maximum Gasteiger partial charge on any atom is 0.416 e. The molecule has 0 aromatic heterocycles. The molecular formula is C12H13F3N2O3. The normalized spacial score (nSPS) is 19.4. The average Bonchev–Trinajstić information content (AvgIpc) is 2.85. The third kappa shape index (κ3) is 2.84. The molecule has 20 heavy (non-hydrogen) atoms. The largest absolute Gasteiger partial charge is 0.416 e. The van der Waals surface area contributed by atoms with E-state index in [0.29, 0.717) is 25.6 Å². The van der Waals surface area contributed by atoms with E-state index in [1.54, 1.807) is 4.90 Å². The fourth-order valence-electron chi connectivity index (χ4n) is 2.31. The predicted molar refractivity (Wildman–Crippen MR) is 65.5 cm³/mol. The van der Waals surface area contributed by atoms with E-state index in [1.165, 1.54) is 0 Å². The quantitative estimate of drug-likeness (QED) is 0.686. The van der Waals surface area contributed by atoms with Crippen LogP contribution in [0, 0.1) is 16.0 Å². The monoisotopic (exact) mass is 290 g/mol. The summed E-state index contributed by atoms with van der Waals surface area (Å²) in [7, 11) is 0. The summed E-state index contributed by atoms with van der Waals surface area (Å²) in [6, 6.07) is 2.52. The van der Waals surface area contributed by atoms with Crippen LogP contribution in [0.1, 0.15) is 12.0 Å². The second-order valence-corrected chi connectivity index (χ2v) is 4.74. The van der Waals surface area contributed by atoms with Gasteiger partial charge in [0.15, 0.2) is 0 Å². The molecule has 1 heterocycles. The smallest absolute Gasteiger partial charge is 0.396 e. The lowest BCUT2D eigenvalue weighted by Gasteiger charge is -2.19. The van der Waals surface area contributed by atoms with Gasteiger partial charge >= 0.3 is 6.18 Å². The molecule has 1 aromatic carbocycles. The number of nitro groups is 1. The third-order valence-electron chi connectivity index (χ3n) is 3.38. The van der Waals surface area contributed by atoms with Crippen LogP contribution in [0.5, 0.6) is 0 Å². The Morgan fingerprint density at radius 1 is 1.45 bits per heavy atom. The molecule has 2 rings (SSSR count). The van der Waals surface area contributed by atoms with E-state index < -0.39 is 22.4 Å². The Hall–Kier alpha value is -1.83. The highest BCUT2D eigenvalue weighted by atomic mass is 19.4. The van der Waals surface area contributed by atoms with Gasteiger partial charge in [0.1, 0.15) is 5.69 Å². The zero-order valence-electron chi connectivity index (χ0n) is 10.4. The van der Waals surface area contributed by atoms with Crippen molar-refractivity contribution >= 4 is 11.4 Å². The van der Waals surface area contributed by atoms with E-state index in [0.717, 1.165) is 12.1 Å². The van der Waals surface area contributed by atoms with Gasteiger partial charge < -0.3 is 10.0 Å². The van der Waals surface area contributed by atoms with Gasteiger partial charge in [0.25, 0.3) is 5.69 Å². The number of nitro benzene ring substituents is 1. The van der Waals surface area contributed by atoms with Crippen molar-refractivity contribution < 1.29 is 23.2 Å². The van der Waals surface area contributed by atoms with Gasteiger partial charge in [-0.3, -0.25) is 10.1 Å². The van der Waals surface area contributed by atoms with Gasteiger partial charge in [-0.2, -0.15) is 13.2 Å². The fraction of sp³-hybridized carbons (Fsp3) is 0.500. The summed E-state index contributed by atoms with van der Waals surface area (Å²) in [5.74, 6) is -0.00287. The summed E-state index contributed by atoms with van der Waals surface area (Å²) in [4.78, 5) is 11.8. The number of nitrogens with zero attached hydrogens (tertiary/aromatic N) is 2. The zero-order chi connectivity index (χ0) is 14.9. The van der Waals surface area contributed by atoms with E-state index in [9.17, 15) is 23.3 Å². The number of alkyl halides is 3. The van der Waals surface area contributed by atoms with Gasteiger partial charge in [0.05, 0.1) is 10.5 Å². The summed E-state index contributed by atoms with van der Waals surface area (Å²) in [6.45, 7) is 0.852. The Bertz CT molecular complexity index is 519. The first-order chi connectivity index (χ1) is 9.32. The number of hydrogen-bond donors (Lipinski definition) is 1. The molecule has 1 unspecified atom stereocenters. The lowest BCUT2D eigenvalue weighted by molar-refractivity contribution is -0.384. The Labute approximate surface area is 112 Å². The topological polar surface area (TPSA) is 66.6 Å². The first kappa shape index (κ1) is 14.6. The van der Waals surface area contributed by atoms with Crippen LogP contribution in [0.4, 0.5) is 24.5 Å². The van der Waals surface area contributed by atoms with Crippen LogP contribution >= 0.6 is 0 Å². The number of anilines is 1. The van der Waals surface area contributed by atoms with Crippen molar-refractivity contribution in [3.63, 3.8) is 0 Å². The van der Waals surface area contributed by atoms with E-state index in [1.807, 2.05) is 0 Å². The van der Waals surface area contributed by atoms with Gasteiger partial charge in [0.2, 0.25) is 0 Å². The molecule has 1 aromatic rings. The highest BCUT2D eigenvalue weighted by molar-refractivity contribution is 5.65. The van der Waals surface area contributed by atoms with Crippen molar-refractivity contribution in [2.45, 2.75) is 12.6 Å². The molecular weight excluding hydrogens is 277 g/mol. The highest BCUT2D eigenvalue weighted by Gasteiger charge is 2.34. The predicted octanol–water partition coefficient (Wildman–Crippen LogP) is 2.43. The van der Waals surface area contributed by atoms with Gasteiger partial charge in [-0.05, 0) is 18.6 Å². The minimum absolute atomic E-state index is 0.00287. The van der Waals surface area contributed by atoms with E-state index in [-0.39, 0.29) is 18.2 Å². The summed E-state index contributed by atoms with van der Waals surface area (Å²) >= 11 is 0. The van der Waals surface area contributed by atoms with E-state index in [4.69, 9.17) is 5.11 Å². The van der Waals surface area contributed by atoms with Crippen molar-refractivity contribution in [2.24, 2.45) is 5.92 Å². The second kappa shape index (κ2) is 5.28. The molecule has 1 atom stereocenters. The van der Waals surface area contributed by atoms with Crippen molar-refractivity contribution in [3.05, 3.63) is 33.9 Å². The number of hydrogen-bond acceptors (Lipinski definition) is 4. The Balaban J connectivity index is 2.36. The lowest BCUT2D eigenvalue weighted by Crippen LogP contribution is -2.22. The van der Waals surface area contributed by atoms with Crippen molar-refractivity contribution in [2.75, 3.05) is 24.6 Å². The molecule has 0 saturated carbocycles. The van der Waals surface area contributed by atoms with Crippen LogP contribution in [0.3, 0.4) is 0 Å². The molecule has 0 amide bonds. The van der Waals surface area contributed by atoms with Crippen LogP contribution in [-0.2, 0) is 6.18 Å². The Morgan fingerprint density at radius 3 is 2.65 bits per heavy atom. The molecule has 110 valence electrons. The van der Waals surface area contributed by atoms with Crippen molar-refractivity contribution in [1.82, 2.24) is 0 Å². The summed E-state index contributed by atoms with van der Waals surface area (Å²) in [6.07, 6.45) is -3.95. The molecule has 1 aliphatic rings. The lowest BCUT2D eigenvalue weighted by atomic mass is 10.1. The van der Waals surface area contributed by atoms with Crippen LogP contribution in [0.25, 0.3) is 0 Å². The summed E-state index contributed by atoms with van der Waals surface area (Å²) < 4.78 is 37.8. The number of benzene rings is 1. The van der Waals surface area contributed by atoms with Gasteiger partial charge in [-0.1, -0.05) is 0 Å². The van der Waals surface area contributed by atoms with Gasteiger partial charge in [0, 0.05) is 31.7 Å². The van der Waals surface area contributed by atoms with Gasteiger partial charge in [-0.25, -0.2) is 0 Å². The zero-order valence-corrected chi connectivity index (χ0v) is 10.4. The van der Waals surface area contributed by atoms with Crippen LogP contribution in [-0.4, -0.2) is 29.7 Å². The van der Waals surface area contributed by atoms with E-state index >= 15 is 0 Å². The first-order valence-corrected chi connectivity index (χ1v) is 6.04. The molecule has 0 radical (unpaired) electrons.